The van der Waals surface area contributed by atoms with Crippen LogP contribution in [-0.2, 0) is 0 Å². The van der Waals surface area contributed by atoms with Gasteiger partial charge < -0.3 is 4.90 Å². The molecule has 1 aromatic rings. The molecule has 0 heterocycles. The van der Waals surface area contributed by atoms with E-state index in [0.29, 0.717) is 17.1 Å². The number of likely N-dealkylation sites (N-methyl/N-ethyl adjacent to an activating group) is 1. The van der Waals surface area contributed by atoms with Gasteiger partial charge in [0, 0.05) is 5.56 Å². The molecular weight excluding hydrogens is 198 g/mol. The van der Waals surface area contributed by atoms with Crippen LogP contribution in [0.3, 0.4) is 0 Å². The van der Waals surface area contributed by atoms with Crippen LogP contribution >= 0.6 is 11.6 Å². The number of halogens is 1. The first-order chi connectivity index (χ1) is 6.50. The lowest BCUT2D eigenvalue weighted by atomic mass is 10.1. The number of ketones is 1. The second-order valence-corrected chi connectivity index (χ2v) is 4.05. The average Bonchev–Trinajstić information content (AvgIpc) is 2.08. The summed E-state index contributed by atoms with van der Waals surface area (Å²) in [6.45, 7) is 2.34. The molecule has 0 aliphatic rings. The largest absolute Gasteiger partial charge is 0.302 e. The summed E-state index contributed by atoms with van der Waals surface area (Å²) in [5.74, 6) is 0.0590. The molecule has 3 heteroatoms. The van der Waals surface area contributed by atoms with Crippen LogP contribution < -0.4 is 0 Å². The van der Waals surface area contributed by atoms with Gasteiger partial charge in [0.05, 0.1) is 11.6 Å². The molecule has 0 N–H and O–H groups in total. The summed E-state index contributed by atoms with van der Waals surface area (Å²) in [6.07, 6.45) is 0. The van der Waals surface area contributed by atoms with Crippen molar-refractivity contribution in [3.63, 3.8) is 0 Å². The topological polar surface area (TPSA) is 20.3 Å². The van der Waals surface area contributed by atoms with Crippen LogP contribution in [-0.4, -0.2) is 31.3 Å². The highest BCUT2D eigenvalue weighted by Crippen LogP contribution is 2.17. The van der Waals surface area contributed by atoms with Crippen LogP contribution in [0.5, 0.6) is 0 Å². The fraction of sp³-hybridized carbons (Fsp3) is 0.364. The van der Waals surface area contributed by atoms with E-state index in [2.05, 4.69) is 0 Å². The van der Waals surface area contributed by atoms with Crippen LogP contribution in [0.15, 0.2) is 18.2 Å². The van der Waals surface area contributed by atoms with Gasteiger partial charge in [-0.2, -0.15) is 0 Å². The van der Waals surface area contributed by atoms with E-state index in [9.17, 15) is 4.79 Å². The molecule has 0 amide bonds. The number of hydrogen-bond donors (Lipinski definition) is 0. The molecular formula is C11H14ClNO. The fourth-order valence-corrected chi connectivity index (χ4v) is 1.45. The van der Waals surface area contributed by atoms with E-state index in [1.54, 1.807) is 6.07 Å². The SMILES string of the molecule is Cc1ccc(Cl)c(C(=O)CN(C)C)c1. The molecule has 0 aliphatic heterocycles. The first kappa shape index (κ1) is 11.2. The summed E-state index contributed by atoms with van der Waals surface area (Å²) in [5.41, 5.74) is 1.66. The zero-order chi connectivity index (χ0) is 10.7. The third kappa shape index (κ3) is 2.82. The Morgan fingerprint density at radius 1 is 1.43 bits per heavy atom. The Morgan fingerprint density at radius 3 is 2.64 bits per heavy atom. The normalized spacial score (nSPS) is 10.6. The van der Waals surface area contributed by atoms with Gasteiger partial charge in [-0.25, -0.2) is 0 Å². The molecule has 0 aromatic heterocycles. The van der Waals surface area contributed by atoms with Gasteiger partial charge in [0.2, 0.25) is 0 Å². The quantitative estimate of drug-likeness (QED) is 0.716. The third-order valence-electron chi connectivity index (χ3n) is 1.88. The summed E-state index contributed by atoms with van der Waals surface area (Å²) in [5, 5.41) is 0.530. The van der Waals surface area contributed by atoms with E-state index in [1.807, 2.05) is 38.1 Å². The predicted molar refractivity (Wildman–Crippen MR) is 59.1 cm³/mol. The monoisotopic (exact) mass is 211 g/mol. The van der Waals surface area contributed by atoms with E-state index in [-0.39, 0.29) is 5.78 Å². The lowest BCUT2D eigenvalue weighted by molar-refractivity contribution is 0.0958. The van der Waals surface area contributed by atoms with Gasteiger partial charge >= 0.3 is 0 Å². The highest BCUT2D eigenvalue weighted by atomic mass is 35.5. The van der Waals surface area contributed by atoms with E-state index >= 15 is 0 Å². The van der Waals surface area contributed by atoms with E-state index in [0.717, 1.165) is 5.56 Å². The summed E-state index contributed by atoms with van der Waals surface area (Å²) in [6, 6.07) is 5.49. The maximum absolute atomic E-state index is 11.7. The average molecular weight is 212 g/mol. The second-order valence-electron chi connectivity index (χ2n) is 3.64. The Labute approximate surface area is 89.5 Å². The fourth-order valence-electron chi connectivity index (χ4n) is 1.23. The number of rotatable bonds is 3. The Kier molecular flexibility index (Phi) is 3.67. The zero-order valence-electron chi connectivity index (χ0n) is 8.67. The maximum Gasteiger partial charge on any atom is 0.178 e. The van der Waals surface area contributed by atoms with Crippen LogP contribution in [0.2, 0.25) is 5.02 Å². The lowest BCUT2D eigenvalue weighted by Crippen LogP contribution is -2.21. The minimum absolute atomic E-state index is 0.0590. The van der Waals surface area contributed by atoms with Crippen molar-refractivity contribution in [3.05, 3.63) is 34.3 Å². The van der Waals surface area contributed by atoms with Gasteiger partial charge in [0.25, 0.3) is 0 Å². The molecule has 0 atom stereocenters. The molecule has 1 rings (SSSR count). The standard InChI is InChI=1S/C11H14ClNO/c1-8-4-5-10(12)9(6-8)11(14)7-13(2)3/h4-6H,7H2,1-3H3. The molecule has 0 saturated heterocycles. The summed E-state index contributed by atoms with van der Waals surface area (Å²) < 4.78 is 0. The minimum Gasteiger partial charge on any atom is -0.302 e. The summed E-state index contributed by atoms with van der Waals surface area (Å²) >= 11 is 5.94. The van der Waals surface area contributed by atoms with Crippen molar-refractivity contribution in [3.8, 4) is 0 Å². The Hall–Kier alpha value is -0.860. The smallest absolute Gasteiger partial charge is 0.178 e. The molecule has 0 unspecified atom stereocenters. The number of nitrogens with zero attached hydrogens (tertiary/aromatic N) is 1. The maximum atomic E-state index is 11.7. The van der Waals surface area contributed by atoms with E-state index < -0.39 is 0 Å². The first-order valence-corrected chi connectivity index (χ1v) is 4.82. The number of hydrogen-bond acceptors (Lipinski definition) is 2. The molecule has 14 heavy (non-hydrogen) atoms. The molecule has 0 spiro atoms. The van der Waals surface area contributed by atoms with Crippen LogP contribution in [0.1, 0.15) is 15.9 Å². The first-order valence-electron chi connectivity index (χ1n) is 4.45. The molecule has 76 valence electrons. The van der Waals surface area contributed by atoms with Crippen LogP contribution in [0.25, 0.3) is 0 Å². The molecule has 2 nitrogen and oxygen atoms in total. The van der Waals surface area contributed by atoms with Crippen molar-refractivity contribution in [2.24, 2.45) is 0 Å². The third-order valence-corrected chi connectivity index (χ3v) is 2.21. The number of carbonyl (C=O) groups is 1. The molecule has 0 fully saturated rings. The molecule has 1 aromatic carbocycles. The van der Waals surface area contributed by atoms with Crippen molar-refractivity contribution < 1.29 is 4.79 Å². The number of carbonyl (C=O) groups excluding carboxylic acids is 1. The Balaban J connectivity index is 2.94. The zero-order valence-corrected chi connectivity index (χ0v) is 9.43. The van der Waals surface area contributed by atoms with Gasteiger partial charge in [0.1, 0.15) is 0 Å². The highest BCUT2D eigenvalue weighted by molar-refractivity contribution is 6.34. The van der Waals surface area contributed by atoms with Crippen LogP contribution in [0, 0.1) is 6.92 Å². The van der Waals surface area contributed by atoms with Gasteiger partial charge in [-0.05, 0) is 33.2 Å². The van der Waals surface area contributed by atoms with Crippen molar-refractivity contribution in [1.82, 2.24) is 4.90 Å². The van der Waals surface area contributed by atoms with Gasteiger partial charge in [-0.3, -0.25) is 4.79 Å². The Bertz CT molecular complexity index is 347. The highest BCUT2D eigenvalue weighted by Gasteiger charge is 2.10. The summed E-state index contributed by atoms with van der Waals surface area (Å²) in [7, 11) is 3.73. The van der Waals surface area contributed by atoms with Crippen molar-refractivity contribution in [2.75, 3.05) is 20.6 Å². The number of benzene rings is 1. The van der Waals surface area contributed by atoms with Crippen molar-refractivity contribution in [1.29, 1.82) is 0 Å². The number of Topliss-reactive ketones (excluding diaryl/α,β-unsaturated/α-hetero) is 1. The van der Waals surface area contributed by atoms with Crippen LogP contribution in [0.4, 0.5) is 0 Å². The van der Waals surface area contributed by atoms with E-state index in [4.69, 9.17) is 11.6 Å². The van der Waals surface area contributed by atoms with E-state index in [1.165, 1.54) is 0 Å². The van der Waals surface area contributed by atoms with Crippen molar-refractivity contribution >= 4 is 17.4 Å². The van der Waals surface area contributed by atoms with Gasteiger partial charge in [-0.1, -0.05) is 23.2 Å². The second kappa shape index (κ2) is 4.58. The van der Waals surface area contributed by atoms with Gasteiger partial charge in [0.15, 0.2) is 5.78 Å². The Morgan fingerprint density at radius 2 is 2.07 bits per heavy atom. The predicted octanol–water partition coefficient (Wildman–Crippen LogP) is 2.39. The van der Waals surface area contributed by atoms with Crippen molar-refractivity contribution in [2.45, 2.75) is 6.92 Å². The summed E-state index contributed by atoms with van der Waals surface area (Å²) in [4.78, 5) is 13.5. The molecule has 0 bridgehead atoms. The minimum atomic E-state index is 0.0590. The van der Waals surface area contributed by atoms with Gasteiger partial charge in [-0.15, -0.1) is 0 Å². The lowest BCUT2D eigenvalue weighted by Gasteiger charge is -2.09. The molecule has 0 radical (unpaired) electrons. The number of aryl methyl sites for hydroxylation is 1. The molecule has 0 aliphatic carbocycles. The molecule has 0 saturated carbocycles.